The fourth-order valence-electron chi connectivity index (χ4n) is 4.06. The van der Waals surface area contributed by atoms with Crippen molar-refractivity contribution < 1.29 is 4.74 Å². The van der Waals surface area contributed by atoms with Crippen LogP contribution in [0.15, 0.2) is 49.2 Å². The van der Waals surface area contributed by atoms with E-state index in [2.05, 4.69) is 42.3 Å². The highest BCUT2D eigenvalue weighted by atomic mass is 16.5. The van der Waals surface area contributed by atoms with E-state index in [4.69, 9.17) is 4.74 Å². The van der Waals surface area contributed by atoms with E-state index in [9.17, 15) is 0 Å². The van der Waals surface area contributed by atoms with Crippen molar-refractivity contribution in [2.45, 2.75) is 38.8 Å². The Morgan fingerprint density at radius 1 is 1.13 bits per heavy atom. The van der Waals surface area contributed by atoms with E-state index in [1.807, 2.05) is 42.9 Å². The molecule has 1 aliphatic rings. The van der Waals surface area contributed by atoms with Crippen molar-refractivity contribution in [3.8, 4) is 17.0 Å². The molecule has 0 spiro atoms. The van der Waals surface area contributed by atoms with E-state index < -0.39 is 0 Å². The van der Waals surface area contributed by atoms with Crippen LogP contribution in [-0.4, -0.2) is 49.1 Å². The van der Waals surface area contributed by atoms with Gasteiger partial charge in [-0.15, -0.1) is 0 Å². The molecule has 0 amide bonds. The van der Waals surface area contributed by atoms with Gasteiger partial charge in [-0.1, -0.05) is 0 Å². The molecule has 0 saturated carbocycles. The summed E-state index contributed by atoms with van der Waals surface area (Å²) in [6.45, 7) is 5.94. The molecule has 5 rings (SSSR count). The molecule has 8 nitrogen and oxygen atoms in total. The SMILES string of the molecule is CC(C)Oc1ccc2[nH]nc(-c3ccnc(N4CCC(n5cncn5)CC4)c3)c2c1. The van der Waals surface area contributed by atoms with Gasteiger partial charge in [0.25, 0.3) is 0 Å². The molecule has 0 aliphatic carbocycles. The van der Waals surface area contributed by atoms with Crippen molar-refractivity contribution in [2.75, 3.05) is 18.0 Å². The molecule has 1 fully saturated rings. The van der Waals surface area contributed by atoms with Crippen LogP contribution < -0.4 is 9.64 Å². The van der Waals surface area contributed by atoms with E-state index in [0.717, 1.165) is 59.7 Å². The third-order valence-corrected chi connectivity index (χ3v) is 5.52. The van der Waals surface area contributed by atoms with Gasteiger partial charge in [-0.3, -0.25) is 5.10 Å². The molecule has 1 saturated heterocycles. The van der Waals surface area contributed by atoms with Crippen LogP contribution in [0, 0.1) is 0 Å². The zero-order chi connectivity index (χ0) is 20.5. The zero-order valence-electron chi connectivity index (χ0n) is 17.2. The highest BCUT2D eigenvalue weighted by Gasteiger charge is 2.22. The van der Waals surface area contributed by atoms with Gasteiger partial charge in [0.05, 0.1) is 17.7 Å². The van der Waals surface area contributed by atoms with Crippen LogP contribution in [0.5, 0.6) is 5.75 Å². The van der Waals surface area contributed by atoms with Crippen molar-refractivity contribution in [2.24, 2.45) is 0 Å². The van der Waals surface area contributed by atoms with Crippen LogP contribution >= 0.6 is 0 Å². The Bertz CT molecular complexity index is 1130. The van der Waals surface area contributed by atoms with E-state index in [-0.39, 0.29) is 6.10 Å². The maximum Gasteiger partial charge on any atom is 0.137 e. The Balaban J connectivity index is 1.39. The van der Waals surface area contributed by atoms with Crippen LogP contribution in [0.3, 0.4) is 0 Å². The van der Waals surface area contributed by atoms with E-state index in [0.29, 0.717) is 6.04 Å². The van der Waals surface area contributed by atoms with Gasteiger partial charge in [0.1, 0.15) is 29.9 Å². The van der Waals surface area contributed by atoms with Gasteiger partial charge < -0.3 is 9.64 Å². The largest absolute Gasteiger partial charge is 0.491 e. The first kappa shape index (κ1) is 18.6. The molecule has 0 unspecified atom stereocenters. The molecule has 154 valence electrons. The lowest BCUT2D eigenvalue weighted by atomic mass is 10.0. The second-order valence-corrected chi connectivity index (χ2v) is 7.94. The van der Waals surface area contributed by atoms with Crippen molar-refractivity contribution in [1.29, 1.82) is 0 Å². The molecular formula is C22H25N7O. The molecule has 4 heterocycles. The Hall–Kier alpha value is -3.42. The number of H-pyrrole nitrogens is 1. The highest BCUT2D eigenvalue weighted by molar-refractivity contribution is 5.94. The normalized spacial score (nSPS) is 15.2. The average molecular weight is 403 g/mol. The van der Waals surface area contributed by atoms with Gasteiger partial charge >= 0.3 is 0 Å². The summed E-state index contributed by atoms with van der Waals surface area (Å²) in [6.07, 6.45) is 7.45. The minimum Gasteiger partial charge on any atom is -0.491 e. The zero-order valence-corrected chi connectivity index (χ0v) is 17.2. The van der Waals surface area contributed by atoms with Crippen LogP contribution in [0.2, 0.25) is 0 Å². The number of aromatic nitrogens is 6. The van der Waals surface area contributed by atoms with Gasteiger partial charge in [0.2, 0.25) is 0 Å². The van der Waals surface area contributed by atoms with E-state index in [1.165, 1.54) is 0 Å². The summed E-state index contributed by atoms with van der Waals surface area (Å²) in [7, 11) is 0. The molecular weight excluding hydrogens is 378 g/mol. The molecule has 30 heavy (non-hydrogen) atoms. The maximum atomic E-state index is 5.87. The average Bonchev–Trinajstić information content (AvgIpc) is 3.44. The Morgan fingerprint density at radius 2 is 2.00 bits per heavy atom. The van der Waals surface area contributed by atoms with Crippen LogP contribution in [-0.2, 0) is 0 Å². The third kappa shape index (κ3) is 3.60. The quantitative estimate of drug-likeness (QED) is 0.545. The number of benzene rings is 1. The minimum atomic E-state index is 0.130. The maximum absolute atomic E-state index is 5.87. The number of ether oxygens (including phenoxy) is 1. The smallest absolute Gasteiger partial charge is 0.137 e. The minimum absolute atomic E-state index is 0.130. The number of pyridine rings is 1. The first-order valence-corrected chi connectivity index (χ1v) is 10.4. The number of hydrogen-bond acceptors (Lipinski definition) is 6. The Morgan fingerprint density at radius 3 is 2.77 bits per heavy atom. The van der Waals surface area contributed by atoms with Crippen molar-refractivity contribution in [3.63, 3.8) is 0 Å². The molecule has 0 bridgehead atoms. The van der Waals surface area contributed by atoms with E-state index in [1.54, 1.807) is 12.7 Å². The van der Waals surface area contributed by atoms with Crippen LogP contribution in [0.25, 0.3) is 22.2 Å². The monoisotopic (exact) mass is 403 g/mol. The number of rotatable bonds is 5. The van der Waals surface area contributed by atoms with Crippen molar-refractivity contribution in [1.82, 2.24) is 29.9 Å². The fourth-order valence-corrected chi connectivity index (χ4v) is 4.06. The van der Waals surface area contributed by atoms with Gasteiger partial charge in [-0.05, 0) is 57.0 Å². The fraction of sp³-hybridized carbons (Fsp3) is 0.364. The Kier molecular flexibility index (Phi) is 4.82. The lowest BCUT2D eigenvalue weighted by Crippen LogP contribution is -2.35. The van der Waals surface area contributed by atoms with Gasteiger partial charge in [-0.2, -0.15) is 10.2 Å². The van der Waals surface area contributed by atoms with Crippen molar-refractivity contribution in [3.05, 3.63) is 49.2 Å². The summed E-state index contributed by atoms with van der Waals surface area (Å²) in [5.74, 6) is 1.83. The predicted molar refractivity (Wildman–Crippen MR) is 116 cm³/mol. The number of nitrogens with zero attached hydrogens (tertiary/aromatic N) is 6. The summed E-state index contributed by atoms with van der Waals surface area (Å²) in [4.78, 5) is 11.0. The van der Waals surface area contributed by atoms with Crippen molar-refractivity contribution >= 4 is 16.7 Å². The summed E-state index contributed by atoms with van der Waals surface area (Å²) >= 11 is 0. The Labute approximate surface area is 174 Å². The lowest BCUT2D eigenvalue weighted by Gasteiger charge is -2.32. The van der Waals surface area contributed by atoms with Crippen LogP contribution in [0.1, 0.15) is 32.7 Å². The van der Waals surface area contributed by atoms with Gasteiger partial charge in [0, 0.05) is 30.2 Å². The van der Waals surface area contributed by atoms with E-state index >= 15 is 0 Å². The molecule has 1 aromatic carbocycles. The second kappa shape index (κ2) is 7.78. The first-order valence-electron chi connectivity index (χ1n) is 10.4. The molecule has 0 radical (unpaired) electrons. The third-order valence-electron chi connectivity index (χ3n) is 5.52. The molecule has 1 aliphatic heterocycles. The summed E-state index contributed by atoms with van der Waals surface area (Å²) < 4.78 is 7.83. The second-order valence-electron chi connectivity index (χ2n) is 7.94. The summed E-state index contributed by atoms with van der Waals surface area (Å²) in [5.41, 5.74) is 2.96. The number of nitrogens with one attached hydrogen (secondary N) is 1. The summed E-state index contributed by atoms with van der Waals surface area (Å²) in [5, 5.41) is 13.0. The van der Waals surface area contributed by atoms with Gasteiger partial charge in [0.15, 0.2) is 0 Å². The number of piperidine rings is 1. The predicted octanol–water partition coefficient (Wildman–Crippen LogP) is 3.85. The lowest BCUT2D eigenvalue weighted by molar-refractivity contribution is 0.243. The molecule has 8 heteroatoms. The van der Waals surface area contributed by atoms with Gasteiger partial charge in [-0.25, -0.2) is 14.6 Å². The molecule has 1 N–H and O–H groups in total. The molecule has 4 aromatic rings. The standard InChI is InChI=1S/C22H25N7O/c1-15(2)30-18-3-4-20-19(12-18)22(27-26-20)16-5-8-24-21(11-16)28-9-6-17(7-10-28)29-14-23-13-25-29/h3-5,8,11-15,17H,6-7,9-10H2,1-2H3,(H,26,27). The molecule has 3 aromatic heterocycles. The summed E-state index contributed by atoms with van der Waals surface area (Å²) in [6, 6.07) is 10.6. The highest BCUT2D eigenvalue weighted by Crippen LogP contribution is 2.32. The topological polar surface area (TPSA) is 84.8 Å². The number of aromatic amines is 1. The number of anilines is 1. The number of hydrogen-bond donors (Lipinski definition) is 1. The number of fused-ring (bicyclic) bond motifs is 1. The van der Waals surface area contributed by atoms with Crippen LogP contribution in [0.4, 0.5) is 5.82 Å². The molecule has 0 atom stereocenters. The first-order chi connectivity index (χ1) is 14.7.